The van der Waals surface area contributed by atoms with Crippen molar-refractivity contribution < 1.29 is 14.3 Å². The molecule has 102 valence electrons. The van der Waals surface area contributed by atoms with Crippen molar-refractivity contribution in [2.45, 2.75) is 32.6 Å². The number of nitrogens with two attached hydrogens (primary N) is 1. The Morgan fingerprint density at radius 1 is 1.53 bits per heavy atom. The zero-order valence-electron chi connectivity index (χ0n) is 11.1. The van der Waals surface area contributed by atoms with Crippen molar-refractivity contribution in [1.82, 2.24) is 0 Å². The molecular formula is C15H19NO3. The summed E-state index contributed by atoms with van der Waals surface area (Å²) in [5, 5.41) is 0. The summed E-state index contributed by atoms with van der Waals surface area (Å²) in [5.41, 5.74) is 7.16. The smallest absolute Gasteiger partial charge is 0.339 e. The van der Waals surface area contributed by atoms with E-state index in [-0.39, 0.29) is 11.9 Å². The van der Waals surface area contributed by atoms with Gasteiger partial charge in [-0.05, 0) is 50.7 Å². The van der Waals surface area contributed by atoms with Gasteiger partial charge in [-0.1, -0.05) is 12.2 Å². The maximum Gasteiger partial charge on any atom is 0.339 e. The number of primary amides is 1. The second kappa shape index (κ2) is 5.43. The average molecular weight is 261 g/mol. The molecule has 1 aliphatic carbocycles. The van der Waals surface area contributed by atoms with Crippen molar-refractivity contribution in [2.75, 3.05) is 0 Å². The Morgan fingerprint density at radius 2 is 2.16 bits per heavy atom. The van der Waals surface area contributed by atoms with E-state index >= 15 is 0 Å². The lowest BCUT2D eigenvalue weighted by atomic mass is 9.82. The molecule has 2 rings (SSSR count). The normalized spacial score (nSPS) is 24.3. The molecule has 0 radical (unpaired) electrons. The van der Waals surface area contributed by atoms with Gasteiger partial charge >= 0.3 is 5.97 Å². The molecule has 1 amide bonds. The summed E-state index contributed by atoms with van der Waals surface area (Å²) < 4.78 is 5.17. The molecule has 2 N–H and O–H groups in total. The summed E-state index contributed by atoms with van der Waals surface area (Å²) in [4.78, 5) is 22.8. The standard InChI is InChI=1S/C15H19NO3/c1-9-3-5-11(6-4-9)13-8-12(19-15(13)18)7-10(2)14(16)17/h7-8,10-11H,1,3-6H2,2H3,(H2,16,17)/b12-7-/t10-/m0/s1. The number of amides is 1. The van der Waals surface area contributed by atoms with Gasteiger partial charge in [0.2, 0.25) is 5.91 Å². The molecule has 1 fully saturated rings. The molecule has 0 aromatic heterocycles. The molecule has 1 saturated carbocycles. The van der Waals surface area contributed by atoms with Crippen LogP contribution in [0.15, 0.2) is 35.6 Å². The van der Waals surface area contributed by atoms with Crippen molar-refractivity contribution in [2.24, 2.45) is 17.6 Å². The first-order valence-corrected chi connectivity index (χ1v) is 6.59. The van der Waals surface area contributed by atoms with Gasteiger partial charge in [0.05, 0.1) is 5.92 Å². The quantitative estimate of drug-likeness (QED) is 0.625. The lowest BCUT2D eigenvalue weighted by molar-refractivity contribution is -0.134. The van der Waals surface area contributed by atoms with Crippen LogP contribution in [0.4, 0.5) is 0 Å². The number of cyclic esters (lactones) is 1. The Balaban J connectivity index is 2.11. The number of esters is 1. The largest absolute Gasteiger partial charge is 0.423 e. The summed E-state index contributed by atoms with van der Waals surface area (Å²) >= 11 is 0. The molecule has 0 aromatic carbocycles. The highest BCUT2D eigenvalue weighted by atomic mass is 16.5. The number of hydrogen-bond donors (Lipinski definition) is 1. The Morgan fingerprint density at radius 3 is 2.74 bits per heavy atom. The molecule has 1 heterocycles. The highest BCUT2D eigenvalue weighted by Gasteiger charge is 2.30. The molecule has 0 spiro atoms. The van der Waals surface area contributed by atoms with Gasteiger partial charge in [0.1, 0.15) is 5.76 Å². The fourth-order valence-electron chi connectivity index (χ4n) is 2.44. The van der Waals surface area contributed by atoms with Crippen LogP contribution in [0.1, 0.15) is 32.6 Å². The fraction of sp³-hybridized carbons (Fsp3) is 0.467. The van der Waals surface area contributed by atoms with Crippen molar-refractivity contribution in [3.63, 3.8) is 0 Å². The van der Waals surface area contributed by atoms with Gasteiger partial charge in [0, 0.05) is 5.57 Å². The molecule has 1 atom stereocenters. The predicted molar refractivity (Wildman–Crippen MR) is 71.7 cm³/mol. The Labute approximate surface area is 113 Å². The van der Waals surface area contributed by atoms with Crippen molar-refractivity contribution >= 4 is 11.9 Å². The third-order valence-corrected chi connectivity index (χ3v) is 3.74. The van der Waals surface area contributed by atoms with Gasteiger partial charge in [-0.2, -0.15) is 0 Å². The number of rotatable bonds is 3. The van der Waals surface area contributed by atoms with Crippen molar-refractivity contribution in [1.29, 1.82) is 0 Å². The van der Waals surface area contributed by atoms with Gasteiger partial charge in [-0.15, -0.1) is 0 Å². The minimum Gasteiger partial charge on any atom is -0.423 e. The second-order valence-corrected chi connectivity index (χ2v) is 5.27. The molecule has 1 aliphatic heterocycles. The molecule has 0 unspecified atom stereocenters. The predicted octanol–water partition coefficient (Wildman–Crippen LogP) is 2.22. The van der Waals surface area contributed by atoms with E-state index in [9.17, 15) is 9.59 Å². The lowest BCUT2D eigenvalue weighted by Gasteiger charge is -2.22. The van der Waals surface area contributed by atoms with E-state index in [0.29, 0.717) is 5.76 Å². The highest BCUT2D eigenvalue weighted by Crippen LogP contribution is 2.35. The van der Waals surface area contributed by atoms with Crippen LogP contribution in [0, 0.1) is 11.8 Å². The van der Waals surface area contributed by atoms with Crippen LogP contribution in [0.25, 0.3) is 0 Å². The van der Waals surface area contributed by atoms with E-state index in [4.69, 9.17) is 10.5 Å². The number of allylic oxidation sites excluding steroid dienone is 2. The molecule has 4 nitrogen and oxygen atoms in total. The number of carbonyl (C=O) groups is 2. The van der Waals surface area contributed by atoms with Crippen molar-refractivity contribution in [3.8, 4) is 0 Å². The Hall–Kier alpha value is -1.84. The number of carbonyl (C=O) groups excluding carboxylic acids is 2. The van der Waals surface area contributed by atoms with Crippen LogP contribution in [-0.2, 0) is 14.3 Å². The van der Waals surface area contributed by atoms with E-state index in [1.54, 1.807) is 19.1 Å². The summed E-state index contributed by atoms with van der Waals surface area (Å²) in [5.74, 6) is -0.479. The molecule has 19 heavy (non-hydrogen) atoms. The topological polar surface area (TPSA) is 69.4 Å². The van der Waals surface area contributed by atoms with E-state index in [1.165, 1.54) is 5.57 Å². The van der Waals surface area contributed by atoms with E-state index in [2.05, 4.69) is 6.58 Å². The Bertz CT molecular complexity index is 478. The summed E-state index contributed by atoms with van der Waals surface area (Å²) in [7, 11) is 0. The maximum atomic E-state index is 11.8. The first-order chi connectivity index (χ1) is 8.97. The summed E-state index contributed by atoms with van der Waals surface area (Å²) in [6.07, 6.45) is 7.16. The molecule has 2 aliphatic rings. The van der Waals surface area contributed by atoms with Crippen LogP contribution in [0.3, 0.4) is 0 Å². The van der Waals surface area contributed by atoms with Crippen LogP contribution < -0.4 is 5.73 Å². The van der Waals surface area contributed by atoms with Crippen molar-refractivity contribution in [3.05, 3.63) is 35.6 Å². The zero-order valence-corrected chi connectivity index (χ0v) is 11.1. The van der Waals surface area contributed by atoms with E-state index in [0.717, 1.165) is 31.3 Å². The van der Waals surface area contributed by atoms with Gasteiger partial charge in [0.15, 0.2) is 0 Å². The molecule has 0 bridgehead atoms. The van der Waals surface area contributed by atoms with Gasteiger partial charge in [-0.25, -0.2) is 4.79 Å². The van der Waals surface area contributed by atoms with Crippen LogP contribution in [-0.4, -0.2) is 11.9 Å². The molecule has 4 heteroatoms. The number of hydrogen-bond acceptors (Lipinski definition) is 3. The second-order valence-electron chi connectivity index (χ2n) is 5.27. The van der Waals surface area contributed by atoms with Crippen LogP contribution in [0.5, 0.6) is 0 Å². The minimum absolute atomic E-state index is 0.243. The summed E-state index contributed by atoms with van der Waals surface area (Å²) in [6.45, 7) is 5.65. The monoisotopic (exact) mass is 261 g/mol. The fourth-order valence-corrected chi connectivity index (χ4v) is 2.44. The van der Waals surface area contributed by atoms with E-state index < -0.39 is 11.8 Å². The lowest BCUT2D eigenvalue weighted by Crippen LogP contribution is -2.19. The zero-order chi connectivity index (χ0) is 14.0. The summed E-state index contributed by atoms with van der Waals surface area (Å²) in [6, 6.07) is 0. The highest BCUT2D eigenvalue weighted by molar-refractivity contribution is 5.93. The molecular weight excluding hydrogens is 242 g/mol. The third kappa shape index (κ3) is 3.13. The van der Waals surface area contributed by atoms with Crippen LogP contribution >= 0.6 is 0 Å². The third-order valence-electron chi connectivity index (χ3n) is 3.74. The minimum atomic E-state index is -0.440. The van der Waals surface area contributed by atoms with Gasteiger partial charge < -0.3 is 10.5 Å². The van der Waals surface area contributed by atoms with Gasteiger partial charge in [-0.3, -0.25) is 4.79 Å². The average Bonchev–Trinajstić information content (AvgIpc) is 2.71. The van der Waals surface area contributed by atoms with E-state index in [1.807, 2.05) is 0 Å². The Kier molecular flexibility index (Phi) is 3.88. The maximum absolute atomic E-state index is 11.8. The van der Waals surface area contributed by atoms with Gasteiger partial charge in [0.25, 0.3) is 0 Å². The first kappa shape index (κ1) is 13.6. The molecule has 0 saturated heterocycles. The number of ether oxygens (including phenoxy) is 1. The molecule has 0 aromatic rings. The van der Waals surface area contributed by atoms with Crippen LogP contribution in [0.2, 0.25) is 0 Å². The first-order valence-electron chi connectivity index (χ1n) is 6.59. The SMILES string of the molecule is C=C1CCC(C2=C/C(=C/[C@H](C)C(N)=O)OC2=O)CC1.